The van der Waals surface area contributed by atoms with E-state index in [1.165, 1.54) is 11.1 Å². The fourth-order valence-corrected chi connectivity index (χ4v) is 1.44. The predicted molar refractivity (Wildman–Crippen MR) is 59.3 cm³/mol. The number of nitrogens with one attached hydrogen (secondary N) is 2. The molecule has 0 spiro atoms. The second-order valence-corrected chi connectivity index (χ2v) is 3.38. The maximum absolute atomic E-state index is 3.35. The molecule has 72 valence electrons. The van der Waals surface area contributed by atoms with E-state index >= 15 is 0 Å². The molecule has 1 heterocycles. The number of anilines is 1. The molecule has 0 atom stereocenters. The van der Waals surface area contributed by atoms with Crippen LogP contribution in [0.2, 0.25) is 0 Å². The molecule has 2 heteroatoms. The number of rotatable bonds is 3. The van der Waals surface area contributed by atoms with Crippen LogP contribution in [0.5, 0.6) is 0 Å². The molecule has 0 amide bonds. The second-order valence-electron chi connectivity index (χ2n) is 3.38. The summed E-state index contributed by atoms with van der Waals surface area (Å²) < 4.78 is 0. The van der Waals surface area contributed by atoms with Crippen molar-refractivity contribution in [2.45, 2.75) is 13.5 Å². The standard InChI is InChI=1S/C12H14N2/c1-10-4-2-3-5-11(10)8-14-12-6-7-13-9-12/h2-7,9,13-14H,8H2,1H3. The van der Waals surface area contributed by atoms with Crippen LogP contribution in [0.15, 0.2) is 42.7 Å². The highest BCUT2D eigenvalue weighted by molar-refractivity contribution is 5.41. The fraction of sp³-hybridized carbons (Fsp3) is 0.167. The summed E-state index contributed by atoms with van der Waals surface area (Å²) in [4.78, 5) is 3.02. The molecule has 2 N–H and O–H groups in total. The molecule has 0 radical (unpaired) electrons. The van der Waals surface area contributed by atoms with Gasteiger partial charge in [0.1, 0.15) is 0 Å². The van der Waals surface area contributed by atoms with E-state index < -0.39 is 0 Å². The zero-order valence-corrected chi connectivity index (χ0v) is 8.25. The van der Waals surface area contributed by atoms with Crippen molar-refractivity contribution in [1.29, 1.82) is 0 Å². The third kappa shape index (κ3) is 1.96. The first-order valence-electron chi connectivity index (χ1n) is 4.77. The molecule has 14 heavy (non-hydrogen) atoms. The Morgan fingerprint density at radius 2 is 2.07 bits per heavy atom. The zero-order valence-electron chi connectivity index (χ0n) is 8.25. The Hall–Kier alpha value is -1.70. The van der Waals surface area contributed by atoms with E-state index in [1.807, 2.05) is 18.5 Å². The molecule has 0 aliphatic rings. The van der Waals surface area contributed by atoms with Gasteiger partial charge in [-0.05, 0) is 24.1 Å². The van der Waals surface area contributed by atoms with Crippen LogP contribution in [0.3, 0.4) is 0 Å². The Labute approximate surface area is 84.0 Å². The van der Waals surface area contributed by atoms with Gasteiger partial charge < -0.3 is 10.3 Å². The Morgan fingerprint density at radius 3 is 2.79 bits per heavy atom. The van der Waals surface area contributed by atoms with E-state index in [0.29, 0.717) is 0 Å². The Balaban J connectivity index is 2.02. The first kappa shape index (κ1) is 8.88. The molecule has 0 unspecified atom stereocenters. The summed E-state index contributed by atoms with van der Waals surface area (Å²) >= 11 is 0. The molecule has 0 saturated carbocycles. The van der Waals surface area contributed by atoms with Crippen LogP contribution in [0.25, 0.3) is 0 Å². The number of hydrogen-bond acceptors (Lipinski definition) is 1. The minimum Gasteiger partial charge on any atom is -0.380 e. The average molecular weight is 186 g/mol. The number of hydrogen-bond donors (Lipinski definition) is 2. The lowest BCUT2D eigenvalue weighted by Gasteiger charge is -2.06. The number of aromatic nitrogens is 1. The van der Waals surface area contributed by atoms with E-state index in [0.717, 1.165) is 12.2 Å². The van der Waals surface area contributed by atoms with Crippen LogP contribution < -0.4 is 5.32 Å². The molecule has 0 saturated heterocycles. The van der Waals surface area contributed by atoms with Gasteiger partial charge in [0.05, 0.1) is 5.69 Å². The van der Waals surface area contributed by atoms with Gasteiger partial charge in [0.25, 0.3) is 0 Å². The normalized spacial score (nSPS) is 10.1. The Bertz CT molecular complexity index is 390. The molecule has 0 aliphatic carbocycles. The lowest BCUT2D eigenvalue weighted by atomic mass is 10.1. The zero-order chi connectivity index (χ0) is 9.80. The van der Waals surface area contributed by atoms with E-state index in [1.54, 1.807) is 0 Å². The van der Waals surface area contributed by atoms with Gasteiger partial charge in [0, 0.05) is 18.9 Å². The van der Waals surface area contributed by atoms with Gasteiger partial charge in [-0.1, -0.05) is 24.3 Å². The van der Waals surface area contributed by atoms with Crippen LogP contribution in [-0.4, -0.2) is 4.98 Å². The van der Waals surface area contributed by atoms with Crippen LogP contribution >= 0.6 is 0 Å². The molecule has 1 aromatic carbocycles. The van der Waals surface area contributed by atoms with Gasteiger partial charge in [-0.25, -0.2) is 0 Å². The maximum Gasteiger partial charge on any atom is 0.0520 e. The highest BCUT2D eigenvalue weighted by Crippen LogP contribution is 2.10. The first-order chi connectivity index (χ1) is 6.86. The third-order valence-electron chi connectivity index (χ3n) is 2.34. The largest absolute Gasteiger partial charge is 0.380 e. The summed E-state index contributed by atoms with van der Waals surface area (Å²) in [5.74, 6) is 0. The van der Waals surface area contributed by atoms with E-state index in [9.17, 15) is 0 Å². The molecule has 2 rings (SSSR count). The molecule has 2 nitrogen and oxygen atoms in total. The van der Waals surface area contributed by atoms with Crippen molar-refractivity contribution in [3.63, 3.8) is 0 Å². The lowest BCUT2D eigenvalue weighted by Crippen LogP contribution is -1.99. The Kier molecular flexibility index (Phi) is 2.54. The van der Waals surface area contributed by atoms with Crippen molar-refractivity contribution >= 4 is 5.69 Å². The molecule has 0 aliphatic heterocycles. The molecule has 2 aromatic rings. The summed E-state index contributed by atoms with van der Waals surface area (Å²) in [7, 11) is 0. The summed E-state index contributed by atoms with van der Waals surface area (Å²) in [5.41, 5.74) is 3.80. The van der Waals surface area contributed by atoms with Crippen molar-refractivity contribution in [2.24, 2.45) is 0 Å². The third-order valence-corrected chi connectivity index (χ3v) is 2.34. The van der Waals surface area contributed by atoms with Crippen molar-refractivity contribution in [2.75, 3.05) is 5.32 Å². The van der Waals surface area contributed by atoms with Gasteiger partial charge in [0.2, 0.25) is 0 Å². The smallest absolute Gasteiger partial charge is 0.0520 e. The first-order valence-corrected chi connectivity index (χ1v) is 4.77. The monoisotopic (exact) mass is 186 g/mol. The number of H-pyrrole nitrogens is 1. The van der Waals surface area contributed by atoms with Crippen LogP contribution in [0, 0.1) is 6.92 Å². The molecular weight excluding hydrogens is 172 g/mol. The topological polar surface area (TPSA) is 27.8 Å². The number of benzene rings is 1. The van der Waals surface area contributed by atoms with Gasteiger partial charge >= 0.3 is 0 Å². The van der Waals surface area contributed by atoms with Crippen molar-refractivity contribution < 1.29 is 0 Å². The van der Waals surface area contributed by atoms with E-state index in [4.69, 9.17) is 0 Å². The molecule has 0 fully saturated rings. The maximum atomic E-state index is 3.35. The minimum absolute atomic E-state index is 0.879. The van der Waals surface area contributed by atoms with Gasteiger partial charge in [-0.2, -0.15) is 0 Å². The summed E-state index contributed by atoms with van der Waals surface area (Å²) in [6, 6.07) is 10.4. The average Bonchev–Trinajstić information content (AvgIpc) is 2.69. The van der Waals surface area contributed by atoms with Crippen molar-refractivity contribution in [1.82, 2.24) is 4.98 Å². The fourth-order valence-electron chi connectivity index (χ4n) is 1.44. The summed E-state index contributed by atoms with van der Waals surface area (Å²) in [5, 5.41) is 3.35. The van der Waals surface area contributed by atoms with Crippen LogP contribution in [0.1, 0.15) is 11.1 Å². The van der Waals surface area contributed by atoms with Gasteiger partial charge in [-0.15, -0.1) is 0 Å². The van der Waals surface area contributed by atoms with Gasteiger partial charge in [-0.3, -0.25) is 0 Å². The lowest BCUT2D eigenvalue weighted by molar-refractivity contribution is 1.12. The Morgan fingerprint density at radius 1 is 1.21 bits per heavy atom. The quantitative estimate of drug-likeness (QED) is 0.757. The number of aromatic amines is 1. The molecule has 0 bridgehead atoms. The van der Waals surface area contributed by atoms with E-state index in [-0.39, 0.29) is 0 Å². The predicted octanol–water partition coefficient (Wildman–Crippen LogP) is 2.94. The van der Waals surface area contributed by atoms with Crippen molar-refractivity contribution in [3.05, 3.63) is 53.9 Å². The second kappa shape index (κ2) is 4.01. The SMILES string of the molecule is Cc1ccccc1CNc1cc[nH]c1. The minimum atomic E-state index is 0.879. The highest BCUT2D eigenvalue weighted by atomic mass is 14.9. The van der Waals surface area contributed by atoms with Crippen LogP contribution in [-0.2, 0) is 6.54 Å². The summed E-state index contributed by atoms with van der Waals surface area (Å²) in [6.45, 7) is 3.01. The summed E-state index contributed by atoms with van der Waals surface area (Å²) in [6.07, 6.45) is 3.87. The van der Waals surface area contributed by atoms with E-state index in [2.05, 4.69) is 41.5 Å². The number of aryl methyl sites for hydroxylation is 1. The van der Waals surface area contributed by atoms with Crippen LogP contribution in [0.4, 0.5) is 5.69 Å². The molecular formula is C12H14N2. The van der Waals surface area contributed by atoms with Crippen molar-refractivity contribution in [3.8, 4) is 0 Å². The highest BCUT2D eigenvalue weighted by Gasteiger charge is 1.96. The van der Waals surface area contributed by atoms with Gasteiger partial charge in [0.15, 0.2) is 0 Å². The molecule has 1 aromatic heterocycles.